The number of hydrogen-bond acceptors (Lipinski definition) is 5. The number of carbonyl (C=O) groups is 2. The van der Waals surface area contributed by atoms with Crippen LogP contribution in [0.4, 0.5) is 4.79 Å². The molecule has 22 heavy (non-hydrogen) atoms. The van der Waals surface area contributed by atoms with Crippen LogP contribution in [0.5, 0.6) is 0 Å². The quantitative estimate of drug-likeness (QED) is 0.684. The Kier molecular flexibility index (Phi) is 5.74. The van der Waals surface area contributed by atoms with E-state index in [2.05, 4.69) is 18.1 Å². The van der Waals surface area contributed by atoms with Crippen molar-refractivity contribution in [1.29, 1.82) is 0 Å². The maximum absolute atomic E-state index is 12.7. The van der Waals surface area contributed by atoms with Crippen LogP contribution in [0.3, 0.4) is 0 Å². The van der Waals surface area contributed by atoms with Crippen LogP contribution in [0.2, 0.25) is 0 Å². The fourth-order valence-corrected chi connectivity index (χ4v) is 4.23. The molecule has 2 aliphatic rings. The molecule has 0 aromatic heterocycles. The van der Waals surface area contributed by atoms with Crippen LogP contribution >= 0.6 is 11.8 Å². The van der Waals surface area contributed by atoms with E-state index < -0.39 is 5.54 Å². The molecule has 2 fully saturated rings. The first-order valence-corrected chi connectivity index (χ1v) is 9.19. The van der Waals surface area contributed by atoms with Crippen molar-refractivity contribution >= 4 is 23.7 Å². The van der Waals surface area contributed by atoms with E-state index in [0.29, 0.717) is 32.0 Å². The third kappa shape index (κ3) is 2.98. The highest BCUT2D eigenvalue weighted by atomic mass is 32.2. The Labute approximate surface area is 137 Å². The maximum atomic E-state index is 12.7. The fourth-order valence-electron chi connectivity index (χ4n) is 3.54. The molecule has 3 amide bonds. The van der Waals surface area contributed by atoms with Crippen molar-refractivity contribution < 1.29 is 14.3 Å². The molecular weight excluding hydrogens is 302 g/mol. The topological polar surface area (TPSA) is 53.1 Å². The molecular formula is C15H27N3O3S. The van der Waals surface area contributed by atoms with E-state index in [1.807, 2.05) is 11.8 Å². The van der Waals surface area contributed by atoms with E-state index in [-0.39, 0.29) is 11.9 Å². The van der Waals surface area contributed by atoms with Crippen LogP contribution in [0, 0.1) is 0 Å². The van der Waals surface area contributed by atoms with Gasteiger partial charge in [-0.2, -0.15) is 11.8 Å². The molecule has 2 rings (SSSR count). The Morgan fingerprint density at radius 3 is 2.50 bits per heavy atom. The average Bonchev–Trinajstić information content (AvgIpc) is 2.69. The van der Waals surface area contributed by atoms with Gasteiger partial charge in [-0.15, -0.1) is 0 Å². The minimum absolute atomic E-state index is 0.0502. The number of likely N-dealkylation sites (N-methyl/N-ethyl adjacent to an activating group) is 1. The molecule has 1 atom stereocenters. The number of hydrogen-bond donors (Lipinski definition) is 0. The molecule has 0 bridgehead atoms. The highest BCUT2D eigenvalue weighted by molar-refractivity contribution is 7.98. The number of ether oxygens (including phenoxy) is 1. The molecule has 0 N–H and O–H groups in total. The SMILES string of the molecule is COCCN1C(=O)N(C)C(=O)C12CCN(C(C)CSC)CC2. The first-order valence-electron chi connectivity index (χ1n) is 7.79. The summed E-state index contributed by atoms with van der Waals surface area (Å²) in [6.07, 6.45) is 3.54. The highest BCUT2D eigenvalue weighted by Gasteiger charge is 2.56. The van der Waals surface area contributed by atoms with Crippen LogP contribution in [-0.4, -0.2) is 90.6 Å². The average molecular weight is 329 g/mol. The van der Waals surface area contributed by atoms with Crippen molar-refractivity contribution in [2.24, 2.45) is 0 Å². The van der Waals surface area contributed by atoms with Gasteiger partial charge in [0.25, 0.3) is 5.91 Å². The molecule has 0 saturated carbocycles. The summed E-state index contributed by atoms with van der Waals surface area (Å²) in [5.41, 5.74) is -0.653. The zero-order valence-corrected chi connectivity index (χ0v) is 14.8. The number of rotatable bonds is 6. The van der Waals surface area contributed by atoms with E-state index in [0.717, 1.165) is 18.8 Å². The van der Waals surface area contributed by atoms with Gasteiger partial charge in [0, 0.05) is 45.6 Å². The molecule has 0 aliphatic carbocycles. The van der Waals surface area contributed by atoms with Crippen molar-refractivity contribution in [2.75, 3.05) is 52.4 Å². The standard InChI is InChI=1S/C15H27N3O3S/c1-12(11-22-4)17-7-5-15(6-8-17)13(19)16(2)14(20)18(15)9-10-21-3/h12H,5-11H2,1-4H3. The fraction of sp³-hybridized carbons (Fsp3) is 0.867. The van der Waals surface area contributed by atoms with E-state index in [1.165, 1.54) is 4.90 Å². The number of methoxy groups -OCH3 is 1. The molecule has 2 aliphatic heterocycles. The van der Waals surface area contributed by atoms with Crippen molar-refractivity contribution in [1.82, 2.24) is 14.7 Å². The summed E-state index contributed by atoms with van der Waals surface area (Å²) in [6.45, 7) is 4.88. The second-order valence-electron chi connectivity index (χ2n) is 6.16. The number of carbonyl (C=O) groups excluding carboxylic acids is 2. The second kappa shape index (κ2) is 7.19. The van der Waals surface area contributed by atoms with Gasteiger partial charge < -0.3 is 9.64 Å². The van der Waals surface area contributed by atoms with E-state index in [4.69, 9.17) is 4.74 Å². The lowest BCUT2D eigenvalue weighted by atomic mass is 9.85. The smallest absolute Gasteiger partial charge is 0.327 e. The Morgan fingerprint density at radius 1 is 1.32 bits per heavy atom. The lowest BCUT2D eigenvalue weighted by Gasteiger charge is -2.43. The minimum atomic E-state index is -0.653. The summed E-state index contributed by atoms with van der Waals surface area (Å²) in [6, 6.07) is 0.317. The van der Waals surface area contributed by atoms with Crippen molar-refractivity contribution in [3.05, 3.63) is 0 Å². The molecule has 2 saturated heterocycles. The van der Waals surface area contributed by atoms with Gasteiger partial charge in [0.2, 0.25) is 0 Å². The van der Waals surface area contributed by atoms with Gasteiger partial charge in [-0.05, 0) is 26.0 Å². The normalized spacial score (nSPS) is 23.6. The molecule has 7 heteroatoms. The van der Waals surface area contributed by atoms with Crippen LogP contribution in [0.15, 0.2) is 0 Å². The van der Waals surface area contributed by atoms with E-state index in [9.17, 15) is 9.59 Å². The molecule has 126 valence electrons. The van der Waals surface area contributed by atoms with Gasteiger partial charge >= 0.3 is 6.03 Å². The Morgan fingerprint density at radius 2 is 1.95 bits per heavy atom. The predicted octanol–water partition coefficient (Wildman–Crippen LogP) is 1.11. The molecule has 0 aromatic rings. The number of amides is 3. The third-order valence-corrected chi connectivity index (χ3v) is 5.73. The molecule has 0 radical (unpaired) electrons. The van der Waals surface area contributed by atoms with Crippen LogP contribution in [0.25, 0.3) is 0 Å². The molecule has 2 heterocycles. The minimum Gasteiger partial charge on any atom is -0.383 e. The highest BCUT2D eigenvalue weighted by Crippen LogP contribution is 2.37. The number of imide groups is 1. The van der Waals surface area contributed by atoms with Gasteiger partial charge in [-0.3, -0.25) is 14.6 Å². The Balaban J connectivity index is 2.11. The number of piperidine rings is 1. The van der Waals surface area contributed by atoms with Gasteiger partial charge in [-0.25, -0.2) is 4.79 Å². The van der Waals surface area contributed by atoms with E-state index in [1.54, 1.807) is 19.1 Å². The van der Waals surface area contributed by atoms with Crippen LogP contribution < -0.4 is 0 Å². The molecule has 1 unspecified atom stereocenters. The number of thioether (sulfide) groups is 1. The molecule has 0 aromatic carbocycles. The summed E-state index contributed by atoms with van der Waals surface area (Å²) in [4.78, 5) is 30.5. The predicted molar refractivity (Wildman–Crippen MR) is 88.1 cm³/mol. The summed E-state index contributed by atoms with van der Waals surface area (Å²) >= 11 is 1.84. The zero-order chi connectivity index (χ0) is 16.3. The van der Waals surface area contributed by atoms with Crippen LogP contribution in [-0.2, 0) is 9.53 Å². The summed E-state index contributed by atoms with van der Waals surface area (Å²) in [7, 11) is 3.20. The maximum Gasteiger partial charge on any atom is 0.327 e. The van der Waals surface area contributed by atoms with Gasteiger partial charge in [-0.1, -0.05) is 0 Å². The third-order valence-electron chi connectivity index (χ3n) is 4.91. The Bertz CT molecular complexity index is 424. The molecule has 6 nitrogen and oxygen atoms in total. The first-order chi connectivity index (χ1) is 10.5. The Hall–Kier alpha value is -0.790. The van der Waals surface area contributed by atoms with Gasteiger partial charge in [0.15, 0.2) is 0 Å². The lowest BCUT2D eigenvalue weighted by Crippen LogP contribution is -2.58. The zero-order valence-electron chi connectivity index (χ0n) is 14.0. The van der Waals surface area contributed by atoms with Gasteiger partial charge in [0.1, 0.15) is 5.54 Å². The summed E-state index contributed by atoms with van der Waals surface area (Å²) in [5.74, 6) is 1.04. The van der Waals surface area contributed by atoms with Crippen molar-refractivity contribution in [3.63, 3.8) is 0 Å². The van der Waals surface area contributed by atoms with Crippen molar-refractivity contribution in [2.45, 2.75) is 31.3 Å². The second-order valence-corrected chi connectivity index (χ2v) is 7.07. The van der Waals surface area contributed by atoms with E-state index >= 15 is 0 Å². The lowest BCUT2D eigenvalue weighted by molar-refractivity contribution is -0.135. The largest absolute Gasteiger partial charge is 0.383 e. The van der Waals surface area contributed by atoms with Gasteiger partial charge in [0.05, 0.1) is 6.61 Å². The van der Waals surface area contributed by atoms with Crippen molar-refractivity contribution in [3.8, 4) is 0 Å². The number of nitrogens with zero attached hydrogens (tertiary/aromatic N) is 3. The number of likely N-dealkylation sites (tertiary alicyclic amines) is 1. The summed E-state index contributed by atoms with van der Waals surface area (Å²) in [5, 5.41) is 0. The number of urea groups is 1. The molecule has 1 spiro atoms. The first kappa shape index (κ1) is 17.6. The summed E-state index contributed by atoms with van der Waals surface area (Å²) < 4.78 is 5.11. The van der Waals surface area contributed by atoms with Crippen LogP contribution in [0.1, 0.15) is 19.8 Å². The monoisotopic (exact) mass is 329 g/mol.